The molecule has 5 heteroatoms. The van der Waals surface area contributed by atoms with Crippen LogP contribution >= 0.6 is 0 Å². The van der Waals surface area contributed by atoms with Crippen LogP contribution in [0.4, 0.5) is 0 Å². The van der Waals surface area contributed by atoms with Crippen molar-refractivity contribution in [1.82, 2.24) is 5.32 Å². The van der Waals surface area contributed by atoms with Gasteiger partial charge < -0.3 is 24.3 Å². The van der Waals surface area contributed by atoms with E-state index in [2.05, 4.69) is 5.32 Å². The molecule has 0 spiro atoms. The maximum Gasteiger partial charge on any atom is 0.203 e. The molecule has 0 unspecified atom stereocenters. The van der Waals surface area contributed by atoms with Crippen LogP contribution in [0.1, 0.15) is 44.1 Å². The van der Waals surface area contributed by atoms with Gasteiger partial charge in [-0.15, -0.1) is 0 Å². The summed E-state index contributed by atoms with van der Waals surface area (Å²) in [6, 6.07) is 4.71. The van der Waals surface area contributed by atoms with Gasteiger partial charge in [-0.3, -0.25) is 0 Å². The van der Waals surface area contributed by atoms with Crippen molar-refractivity contribution in [1.29, 1.82) is 0 Å². The molecule has 1 aromatic carbocycles. The average Bonchev–Trinajstić information content (AvgIpc) is 3.31. The second kappa shape index (κ2) is 8.58. The molecule has 3 rings (SSSR count). The highest BCUT2D eigenvalue weighted by molar-refractivity contribution is 5.53. The van der Waals surface area contributed by atoms with Crippen LogP contribution < -0.4 is 19.5 Å². The molecule has 24 heavy (non-hydrogen) atoms. The van der Waals surface area contributed by atoms with Crippen molar-refractivity contribution in [3.05, 3.63) is 17.7 Å². The number of ether oxygens (including phenoxy) is 4. The van der Waals surface area contributed by atoms with Crippen LogP contribution in [-0.2, 0) is 11.3 Å². The van der Waals surface area contributed by atoms with Crippen LogP contribution in [0, 0.1) is 0 Å². The number of hydrogen-bond donors (Lipinski definition) is 1. The largest absolute Gasteiger partial charge is 0.493 e. The van der Waals surface area contributed by atoms with Crippen LogP contribution in [0.15, 0.2) is 12.1 Å². The molecule has 0 amide bonds. The summed E-state index contributed by atoms with van der Waals surface area (Å²) in [4.78, 5) is 0. The summed E-state index contributed by atoms with van der Waals surface area (Å²) in [5.74, 6) is 2.10. The molecule has 1 aliphatic carbocycles. The topological polar surface area (TPSA) is 49.0 Å². The third-order valence-corrected chi connectivity index (χ3v) is 4.91. The van der Waals surface area contributed by atoms with E-state index in [9.17, 15) is 0 Å². The van der Waals surface area contributed by atoms with Gasteiger partial charge in [0.1, 0.15) is 6.61 Å². The maximum absolute atomic E-state index is 5.97. The van der Waals surface area contributed by atoms with Crippen LogP contribution in [0.2, 0.25) is 0 Å². The predicted molar refractivity (Wildman–Crippen MR) is 93.1 cm³/mol. The summed E-state index contributed by atoms with van der Waals surface area (Å²) in [6.07, 6.45) is 7.54. The molecule has 1 saturated heterocycles. The van der Waals surface area contributed by atoms with Crippen molar-refractivity contribution in [3.8, 4) is 17.2 Å². The minimum absolute atomic E-state index is 0.170. The minimum atomic E-state index is 0.170. The molecule has 0 bridgehead atoms. The molecule has 0 aromatic heterocycles. The fourth-order valence-electron chi connectivity index (χ4n) is 3.52. The second-order valence-electron chi connectivity index (χ2n) is 6.64. The highest BCUT2D eigenvalue weighted by Gasteiger charge is 2.20. The first-order valence-corrected chi connectivity index (χ1v) is 9.03. The fourth-order valence-corrected chi connectivity index (χ4v) is 3.52. The van der Waals surface area contributed by atoms with Crippen LogP contribution in [0.25, 0.3) is 0 Å². The van der Waals surface area contributed by atoms with Gasteiger partial charge in [-0.1, -0.05) is 12.8 Å². The smallest absolute Gasteiger partial charge is 0.203 e. The lowest BCUT2D eigenvalue weighted by molar-refractivity contribution is 0.0659. The molecule has 134 valence electrons. The molecule has 2 fully saturated rings. The predicted octanol–water partition coefficient (Wildman–Crippen LogP) is 3.29. The summed E-state index contributed by atoms with van der Waals surface area (Å²) >= 11 is 0. The minimum Gasteiger partial charge on any atom is -0.493 e. The lowest BCUT2D eigenvalue weighted by atomic mass is 10.1. The summed E-state index contributed by atoms with van der Waals surface area (Å²) in [7, 11) is 3.34. The Balaban J connectivity index is 1.67. The van der Waals surface area contributed by atoms with Gasteiger partial charge in [0, 0.05) is 19.2 Å². The van der Waals surface area contributed by atoms with Gasteiger partial charge in [0.2, 0.25) is 5.75 Å². The van der Waals surface area contributed by atoms with Gasteiger partial charge in [0.05, 0.1) is 20.3 Å². The average molecular weight is 335 g/mol. The Morgan fingerprint density at radius 2 is 1.75 bits per heavy atom. The Bertz CT molecular complexity index is 497. The summed E-state index contributed by atoms with van der Waals surface area (Å²) in [5.41, 5.74) is 1.15. The number of benzene rings is 1. The van der Waals surface area contributed by atoms with E-state index in [1.165, 1.54) is 25.7 Å². The van der Waals surface area contributed by atoms with E-state index in [-0.39, 0.29) is 6.10 Å². The third kappa shape index (κ3) is 4.33. The molecule has 1 heterocycles. The quantitative estimate of drug-likeness (QED) is 0.790. The number of methoxy groups -OCH3 is 2. The molecular formula is C19H29NO4. The van der Waals surface area contributed by atoms with Crippen molar-refractivity contribution in [2.24, 2.45) is 0 Å². The standard InChI is InChI=1S/C19H29NO4/c1-21-17-10-14(12-20-15-6-3-4-7-15)11-18(22-2)19(17)24-13-16-8-5-9-23-16/h10-11,15-16,20H,3-9,12-13H2,1-2H3/t16-/m0/s1. The van der Waals surface area contributed by atoms with E-state index >= 15 is 0 Å². The van der Waals surface area contributed by atoms with E-state index in [0.717, 1.165) is 43.1 Å². The molecule has 1 N–H and O–H groups in total. The molecule has 1 aromatic rings. The Labute approximate surface area is 144 Å². The SMILES string of the molecule is COc1cc(CNC2CCCC2)cc(OC)c1OC[C@@H]1CCCO1. The number of rotatable bonds is 8. The van der Waals surface area contributed by atoms with Crippen LogP contribution in [-0.4, -0.2) is 39.6 Å². The van der Waals surface area contributed by atoms with Gasteiger partial charge in [0.25, 0.3) is 0 Å². The van der Waals surface area contributed by atoms with Crippen molar-refractivity contribution in [2.75, 3.05) is 27.4 Å². The van der Waals surface area contributed by atoms with Crippen LogP contribution in [0.5, 0.6) is 17.2 Å². The lowest BCUT2D eigenvalue weighted by Crippen LogP contribution is -2.25. The van der Waals surface area contributed by atoms with Crippen molar-refractivity contribution >= 4 is 0 Å². The van der Waals surface area contributed by atoms with E-state index in [0.29, 0.717) is 18.4 Å². The fraction of sp³-hybridized carbons (Fsp3) is 0.684. The molecule has 1 atom stereocenters. The first-order valence-electron chi connectivity index (χ1n) is 9.03. The lowest BCUT2D eigenvalue weighted by Gasteiger charge is -2.19. The maximum atomic E-state index is 5.97. The van der Waals surface area contributed by atoms with E-state index in [1.807, 2.05) is 12.1 Å². The van der Waals surface area contributed by atoms with Crippen molar-refractivity contribution < 1.29 is 18.9 Å². The Morgan fingerprint density at radius 3 is 2.33 bits per heavy atom. The van der Waals surface area contributed by atoms with E-state index in [4.69, 9.17) is 18.9 Å². The normalized spacial score (nSPS) is 21.2. The van der Waals surface area contributed by atoms with Gasteiger partial charge in [-0.05, 0) is 43.4 Å². The zero-order valence-electron chi connectivity index (χ0n) is 14.8. The Hall–Kier alpha value is -1.46. The Kier molecular flexibility index (Phi) is 6.21. The van der Waals surface area contributed by atoms with Gasteiger partial charge in [-0.25, -0.2) is 0 Å². The van der Waals surface area contributed by atoms with Crippen LogP contribution in [0.3, 0.4) is 0 Å². The summed E-state index contributed by atoms with van der Waals surface area (Å²) in [6.45, 7) is 2.18. The number of hydrogen-bond acceptors (Lipinski definition) is 5. The molecule has 1 aliphatic heterocycles. The number of nitrogens with one attached hydrogen (secondary N) is 1. The molecule has 0 radical (unpaired) electrons. The zero-order chi connectivity index (χ0) is 16.8. The van der Waals surface area contributed by atoms with Crippen molar-refractivity contribution in [2.45, 2.75) is 57.2 Å². The first-order chi connectivity index (χ1) is 11.8. The highest BCUT2D eigenvalue weighted by Crippen LogP contribution is 2.39. The first kappa shape index (κ1) is 17.4. The molecule has 1 saturated carbocycles. The van der Waals surface area contributed by atoms with Gasteiger partial charge >= 0.3 is 0 Å². The van der Waals surface area contributed by atoms with E-state index < -0.39 is 0 Å². The van der Waals surface area contributed by atoms with Gasteiger partial charge in [-0.2, -0.15) is 0 Å². The highest BCUT2D eigenvalue weighted by atomic mass is 16.6. The summed E-state index contributed by atoms with van der Waals surface area (Å²) < 4.78 is 22.7. The van der Waals surface area contributed by atoms with Gasteiger partial charge in [0.15, 0.2) is 11.5 Å². The zero-order valence-corrected chi connectivity index (χ0v) is 14.8. The molecular weight excluding hydrogens is 306 g/mol. The van der Waals surface area contributed by atoms with Crippen molar-refractivity contribution in [3.63, 3.8) is 0 Å². The Morgan fingerprint density at radius 1 is 1.04 bits per heavy atom. The third-order valence-electron chi connectivity index (χ3n) is 4.91. The van der Waals surface area contributed by atoms with E-state index in [1.54, 1.807) is 14.2 Å². The monoisotopic (exact) mass is 335 g/mol. The molecule has 5 nitrogen and oxygen atoms in total. The summed E-state index contributed by atoms with van der Waals surface area (Å²) in [5, 5.41) is 3.62. The second-order valence-corrected chi connectivity index (χ2v) is 6.64. The molecule has 2 aliphatic rings.